The first-order chi connectivity index (χ1) is 6.61. The first-order valence-electron chi connectivity index (χ1n) is 4.68. The summed E-state index contributed by atoms with van der Waals surface area (Å²) in [7, 11) is 0. The van der Waals surface area contributed by atoms with Crippen molar-refractivity contribution < 1.29 is 4.79 Å². The molecule has 0 aromatic heterocycles. The number of amides is 1. The topological polar surface area (TPSA) is 55.1 Å². The van der Waals surface area contributed by atoms with Crippen molar-refractivity contribution in [1.82, 2.24) is 5.32 Å². The lowest BCUT2D eigenvalue weighted by atomic mass is 10.3. The van der Waals surface area contributed by atoms with Crippen LogP contribution in [-0.2, 0) is 4.79 Å². The molecule has 0 rings (SSSR count). The number of terminal acetylenes is 1. The average Bonchev–Trinajstić information content (AvgIpc) is 2.14. The van der Waals surface area contributed by atoms with Crippen LogP contribution in [0.5, 0.6) is 0 Å². The second-order valence-corrected chi connectivity index (χ2v) is 4.87. The van der Waals surface area contributed by atoms with Gasteiger partial charge < -0.3 is 11.1 Å². The normalized spacial score (nSPS) is 14.1. The lowest BCUT2D eigenvalue weighted by molar-refractivity contribution is -0.120. The molecule has 0 aromatic carbocycles. The smallest absolute Gasteiger partial charge is 0.233 e. The van der Waals surface area contributed by atoms with Crippen LogP contribution in [0.3, 0.4) is 0 Å². The zero-order chi connectivity index (χ0) is 11.0. The van der Waals surface area contributed by atoms with Crippen LogP contribution in [0.1, 0.15) is 20.3 Å². The SMILES string of the molecule is C#CCNC(=O)C(C)SC(C)CCN. The minimum atomic E-state index is -0.0649. The highest BCUT2D eigenvalue weighted by molar-refractivity contribution is 8.01. The number of nitrogens with one attached hydrogen (secondary N) is 1. The number of hydrogen-bond donors (Lipinski definition) is 2. The van der Waals surface area contributed by atoms with E-state index >= 15 is 0 Å². The van der Waals surface area contributed by atoms with E-state index in [1.54, 1.807) is 11.8 Å². The molecule has 0 aliphatic carbocycles. The number of rotatable bonds is 6. The maximum Gasteiger partial charge on any atom is 0.233 e. The largest absolute Gasteiger partial charge is 0.344 e. The Bertz CT molecular complexity index is 213. The van der Waals surface area contributed by atoms with Gasteiger partial charge in [0.2, 0.25) is 5.91 Å². The molecule has 1 amide bonds. The van der Waals surface area contributed by atoms with Gasteiger partial charge in [-0.3, -0.25) is 4.79 Å². The summed E-state index contributed by atoms with van der Waals surface area (Å²) < 4.78 is 0. The van der Waals surface area contributed by atoms with E-state index in [1.165, 1.54) is 0 Å². The highest BCUT2D eigenvalue weighted by Gasteiger charge is 2.15. The van der Waals surface area contributed by atoms with Crippen molar-refractivity contribution in [2.45, 2.75) is 30.8 Å². The maximum absolute atomic E-state index is 11.4. The first-order valence-corrected chi connectivity index (χ1v) is 5.62. The van der Waals surface area contributed by atoms with Crippen molar-refractivity contribution in [3.8, 4) is 12.3 Å². The van der Waals surface area contributed by atoms with E-state index in [1.807, 2.05) is 6.92 Å². The molecular weight excluding hydrogens is 196 g/mol. The van der Waals surface area contributed by atoms with Gasteiger partial charge in [0.05, 0.1) is 11.8 Å². The van der Waals surface area contributed by atoms with Gasteiger partial charge in [0.15, 0.2) is 0 Å². The van der Waals surface area contributed by atoms with Gasteiger partial charge in [0.1, 0.15) is 0 Å². The molecule has 4 heteroatoms. The molecule has 0 spiro atoms. The fraction of sp³-hybridized carbons (Fsp3) is 0.700. The second-order valence-electron chi connectivity index (χ2n) is 3.09. The number of carbonyl (C=O) groups excluding carboxylic acids is 1. The molecule has 0 saturated carbocycles. The Morgan fingerprint density at radius 3 is 2.79 bits per heavy atom. The molecule has 3 nitrogen and oxygen atoms in total. The van der Waals surface area contributed by atoms with Gasteiger partial charge in [0.25, 0.3) is 0 Å². The predicted molar refractivity (Wildman–Crippen MR) is 62.0 cm³/mol. The lowest BCUT2D eigenvalue weighted by Crippen LogP contribution is -2.32. The van der Waals surface area contributed by atoms with Crippen LogP contribution in [0.15, 0.2) is 0 Å². The summed E-state index contributed by atoms with van der Waals surface area (Å²) in [6.45, 7) is 4.91. The second kappa shape index (κ2) is 7.72. The van der Waals surface area contributed by atoms with E-state index in [4.69, 9.17) is 12.2 Å². The monoisotopic (exact) mass is 214 g/mol. The van der Waals surface area contributed by atoms with Gasteiger partial charge in [-0.1, -0.05) is 12.8 Å². The van der Waals surface area contributed by atoms with Crippen molar-refractivity contribution in [1.29, 1.82) is 0 Å². The zero-order valence-electron chi connectivity index (χ0n) is 8.75. The van der Waals surface area contributed by atoms with E-state index in [0.29, 0.717) is 18.3 Å². The molecule has 0 aliphatic heterocycles. The molecule has 2 unspecified atom stereocenters. The Labute approximate surface area is 90.2 Å². The number of carbonyl (C=O) groups is 1. The van der Waals surface area contributed by atoms with Crippen molar-refractivity contribution >= 4 is 17.7 Å². The average molecular weight is 214 g/mol. The van der Waals surface area contributed by atoms with Gasteiger partial charge in [-0.25, -0.2) is 0 Å². The van der Waals surface area contributed by atoms with Gasteiger partial charge >= 0.3 is 0 Å². The van der Waals surface area contributed by atoms with E-state index in [9.17, 15) is 4.79 Å². The molecule has 80 valence electrons. The Balaban J connectivity index is 3.77. The number of nitrogens with two attached hydrogens (primary N) is 1. The first kappa shape index (κ1) is 13.3. The Morgan fingerprint density at radius 2 is 2.29 bits per heavy atom. The third kappa shape index (κ3) is 5.90. The van der Waals surface area contributed by atoms with E-state index < -0.39 is 0 Å². The fourth-order valence-electron chi connectivity index (χ4n) is 0.995. The predicted octanol–water partition coefficient (Wildman–Crippen LogP) is 0.595. The van der Waals surface area contributed by atoms with Gasteiger partial charge in [-0.15, -0.1) is 18.2 Å². The third-order valence-electron chi connectivity index (χ3n) is 1.74. The summed E-state index contributed by atoms with van der Waals surface area (Å²) in [5.41, 5.74) is 5.42. The quantitative estimate of drug-likeness (QED) is 0.636. The summed E-state index contributed by atoms with van der Waals surface area (Å²) in [4.78, 5) is 11.4. The van der Waals surface area contributed by atoms with E-state index in [0.717, 1.165) is 6.42 Å². The Morgan fingerprint density at radius 1 is 1.64 bits per heavy atom. The zero-order valence-corrected chi connectivity index (χ0v) is 9.56. The van der Waals surface area contributed by atoms with Crippen LogP contribution in [0.25, 0.3) is 0 Å². The van der Waals surface area contributed by atoms with Gasteiger partial charge in [-0.05, 0) is 19.9 Å². The van der Waals surface area contributed by atoms with Crippen molar-refractivity contribution in [2.24, 2.45) is 5.73 Å². The molecule has 0 aliphatic rings. The molecule has 0 radical (unpaired) electrons. The fourth-order valence-corrected chi connectivity index (χ4v) is 2.17. The lowest BCUT2D eigenvalue weighted by Gasteiger charge is -2.15. The molecule has 3 N–H and O–H groups in total. The van der Waals surface area contributed by atoms with Crippen molar-refractivity contribution in [3.05, 3.63) is 0 Å². The van der Waals surface area contributed by atoms with Crippen LogP contribution >= 0.6 is 11.8 Å². The minimum absolute atomic E-state index is 0.00294. The third-order valence-corrected chi connectivity index (χ3v) is 3.07. The van der Waals surface area contributed by atoms with Crippen LogP contribution in [-0.4, -0.2) is 29.5 Å². The minimum Gasteiger partial charge on any atom is -0.344 e. The number of thioether (sulfide) groups is 1. The summed E-state index contributed by atoms with van der Waals surface area (Å²) in [6, 6.07) is 0. The van der Waals surface area contributed by atoms with Crippen molar-refractivity contribution in [2.75, 3.05) is 13.1 Å². The van der Waals surface area contributed by atoms with E-state index in [2.05, 4.69) is 18.2 Å². The molecule has 0 saturated heterocycles. The highest BCUT2D eigenvalue weighted by atomic mass is 32.2. The summed E-state index contributed by atoms with van der Waals surface area (Å²) in [5, 5.41) is 3.00. The molecule has 0 bridgehead atoms. The number of hydrogen-bond acceptors (Lipinski definition) is 3. The molecule has 0 aromatic rings. The van der Waals surface area contributed by atoms with Gasteiger partial charge in [-0.2, -0.15) is 0 Å². The van der Waals surface area contributed by atoms with Gasteiger partial charge in [0, 0.05) is 5.25 Å². The highest BCUT2D eigenvalue weighted by Crippen LogP contribution is 2.19. The van der Waals surface area contributed by atoms with Crippen LogP contribution in [0.2, 0.25) is 0 Å². The molecule has 0 fully saturated rings. The van der Waals surface area contributed by atoms with Crippen LogP contribution in [0, 0.1) is 12.3 Å². The summed E-state index contributed by atoms with van der Waals surface area (Å²) in [6.07, 6.45) is 5.97. The Hall–Kier alpha value is -0.660. The van der Waals surface area contributed by atoms with Crippen LogP contribution < -0.4 is 11.1 Å². The Kier molecular flexibility index (Phi) is 7.35. The summed E-state index contributed by atoms with van der Waals surface area (Å²) in [5.74, 6) is 2.37. The molecular formula is C10H18N2OS. The maximum atomic E-state index is 11.4. The summed E-state index contributed by atoms with van der Waals surface area (Å²) >= 11 is 1.62. The molecule has 0 heterocycles. The molecule has 2 atom stereocenters. The van der Waals surface area contributed by atoms with E-state index in [-0.39, 0.29) is 11.2 Å². The standard InChI is InChI=1S/C10H18N2OS/c1-4-7-12-10(13)9(3)14-8(2)5-6-11/h1,8-9H,5-7,11H2,2-3H3,(H,12,13). The van der Waals surface area contributed by atoms with Crippen LogP contribution in [0.4, 0.5) is 0 Å². The van der Waals surface area contributed by atoms with Crippen molar-refractivity contribution in [3.63, 3.8) is 0 Å². The molecule has 14 heavy (non-hydrogen) atoms.